The first kappa shape index (κ1) is 20.4. The van der Waals surface area contributed by atoms with Crippen molar-refractivity contribution in [1.29, 1.82) is 0 Å². The first-order valence-corrected chi connectivity index (χ1v) is 10.00. The fraction of sp³-hybridized carbons (Fsp3) is 0.500. The third kappa shape index (κ3) is 5.36. The van der Waals surface area contributed by atoms with E-state index in [-0.39, 0.29) is 23.5 Å². The summed E-state index contributed by atoms with van der Waals surface area (Å²) in [6, 6.07) is 3.83. The third-order valence-electron chi connectivity index (χ3n) is 5.40. The van der Waals surface area contributed by atoms with Gasteiger partial charge >= 0.3 is 0 Å². The van der Waals surface area contributed by atoms with Gasteiger partial charge in [-0.1, -0.05) is 25.2 Å². The van der Waals surface area contributed by atoms with Crippen LogP contribution in [0.25, 0.3) is 0 Å². The van der Waals surface area contributed by atoms with E-state index < -0.39 is 0 Å². The molecule has 3 rings (SSSR count). The molecule has 6 nitrogen and oxygen atoms in total. The van der Waals surface area contributed by atoms with Crippen molar-refractivity contribution in [3.8, 4) is 0 Å². The monoisotopic (exact) mass is 383 g/mol. The van der Waals surface area contributed by atoms with Gasteiger partial charge in [-0.15, -0.1) is 0 Å². The summed E-state index contributed by atoms with van der Waals surface area (Å²) in [7, 11) is 0. The zero-order valence-corrected chi connectivity index (χ0v) is 16.7. The molecule has 1 fully saturated rings. The van der Waals surface area contributed by atoms with Crippen LogP contribution in [0.15, 0.2) is 42.1 Å². The number of nitrogens with one attached hydrogen (secondary N) is 1. The molecule has 2 unspecified atom stereocenters. The highest BCUT2D eigenvalue weighted by atomic mass is 16.5. The Labute approximate surface area is 166 Å². The molecule has 1 aliphatic heterocycles. The lowest BCUT2D eigenvalue weighted by atomic mass is 9.77. The predicted octanol–water partition coefficient (Wildman–Crippen LogP) is 2.94. The van der Waals surface area contributed by atoms with Gasteiger partial charge in [0.05, 0.1) is 13.2 Å². The van der Waals surface area contributed by atoms with Gasteiger partial charge in [-0.2, -0.15) is 0 Å². The fourth-order valence-corrected chi connectivity index (χ4v) is 3.87. The molecule has 1 N–H and O–H groups in total. The normalized spacial score (nSPS) is 22.6. The number of nitrogens with zero attached hydrogens (tertiary/aromatic N) is 2. The predicted molar refractivity (Wildman–Crippen MR) is 109 cm³/mol. The van der Waals surface area contributed by atoms with Crippen LogP contribution in [-0.2, 0) is 14.3 Å². The smallest absolute Gasteiger partial charge is 0.222 e. The molecule has 150 valence electrons. The summed E-state index contributed by atoms with van der Waals surface area (Å²) in [6.07, 6.45) is 9.18. The Morgan fingerprint density at radius 1 is 1.32 bits per heavy atom. The number of Topliss-reactive ketones (excluding diaryl/α,β-unsaturated/α-hetero) is 1. The van der Waals surface area contributed by atoms with E-state index in [1.165, 1.54) is 6.92 Å². The van der Waals surface area contributed by atoms with Crippen LogP contribution < -0.4 is 5.32 Å². The van der Waals surface area contributed by atoms with Gasteiger partial charge in [-0.3, -0.25) is 14.5 Å². The van der Waals surface area contributed by atoms with Crippen LogP contribution >= 0.6 is 0 Å². The molecule has 2 aliphatic rings. The fourth-order valence-electron chi connectivity index (χ4n) is 3.87. The topological polar surface area (TPSA) is 71.5 Å². The highest BCUT2D eigenvalue weighted by Crippen LogP contribution is 2.35. The van der Waals surface area contributed by atoms with Crippen molar-refractivity contribution in [1.82, 2.24) is 9.88 Å². The number of anilines is 1. The summed E-state index contributed by atoms with van der Waals surface area (Å²) in [5.74, 6) is 0.810. The molecule has 1 aliphatic carbocycles. The summed E-state index contributed by atoms with van der Waals surface area (Å²) in [5.41, 5.74) is 1.93. The first-order valence-electron chi connectivity index (χ1n) is 10.00. The Morgan fingerprint density at radius 2 is 2.11 bits per heavy atom. The molecule has 1 aromatic heterocycles. The minimum Gasteiger partial charge on any atom is -0.379 e. The van der Waals surface area contributed by atoms with E-state index in [1.54, 1.807) is 6.20 Å². The number of hydrogen-bond acceptors (Lipinski definition) is 5. The lowest BCUT2D eigenvalue weighted by molar-refractivity contribution is -0.116. The van der Waals surface area contributed by atoms with Crippen LogP contribution in [0.2, 0.25) is 0 Å². The molecule has 1 saturated heterocycles. The minimum absolute atomic E-state index is 0.0912. The summed E-state index contributed by atoms with van der Waals surface area (Å²) < 4.78 is 5.37. The zero-order valence-electron chi connectivity index (χ0n) is 16.7. The maximum Gasteiger partial charge on any atom is 0.222 e. The molecule has 2 heterocycles. The average molecular weight is 383 g/mol. The van der Waals surface area contributed by atoms with Gasteiger partial charge in [0.1, 0.15) is 5.82 Å². The molecule has 0 spiro atoms. The number of ether oxygens (including phenoxy) is 1. The highest BCUT2D eigenvalue weighted by Gasteiger charge is 2.27. The summed E-state index contributed by atoms with van der Waals surface area (Å²) in [4.78, 5) is 30.7. The maximum atomic E-state index is 12.8. The van der Waals surface area contributed by atoms with Gasteiger partial charge in [0.15, 0.2) is 5.78 Å². The minimum atomic E-state index is -0.145. The average Bonchev–Trinajstić information content (AvgIpc) is 2.68. The van der Waals surface area contributed by atoms with Crippen LogP contribution in [0.5, 0.6) is 0 Å². The van der Waals surface area contributed by atoms with Crippen molar-refractivity contribution in [3.05, 3.63) is 47.7 Å². The quantitative estimate of drug-likeness (QED) is 0.784. The van der Waals surface area contributed by atoms with E-state index in [2.05, 4.69) is 28.2 Å². The summed E-state index contributed by atoms with van der Waals surface area (Å²) in [5, 5.41) is 2.72. The number of pyridine rings is 1. The van der Waals surface area contributed by atoms with Crippen LogP contribution in [0.3, 0.4) is 0 Å². The van der Waals surface area contributed by atoms with Crippen LogP contribution in [0, 0.1) is 5.92 Å². The molecule has 28 heavy (non-hydrogen) atoms. The van der Waals surface area contributed by atoms with Gasteiger partial charge in [0, 0.05) is 38.5 Å². The van der Waals surface area contributed by atoms with Crippen molar-refractivity contribution in [2.24, 2.45) is 5.92 Å². The zero-order chi connectivity index (χ0) is 19.9. The Balaban J connectivity index is 1.59. The van der Waals surface area contributed by atoms with Gasteiger partial charge in [0.25, 0.3) is 0 Å². The molecule has 0 bridgehead atoms. The van der Waals surface area contributed by atoms with Crippen molar-refractivity contribution in [2.45, 2.75) is 32.6 Å². The second-order valence-corrected chi connectivity index (χ2v) is 7.46. The van der Waals surface area contributed by atoms with Crippen LogP contribution in [0.4, 0.5) is 5.82 Å². The SMILES string of the molecule is CC(=O)Nc1cc(C2C=CC=C(C(=O)CCCN3CCOCC3)C2C)ccn1. The number of morpholine rings is 1. The first-order chi connectivity index (χ1) is 13.5. The van der Waals surface area contributed by atoms with Gasteiger partial charge < -0.3 is 10.1 Å². The Hall–Kier alpha value is -2.31. The number of hydrogen-bond donors (Lipinski definition) is 1. The number of carbonyl (C=O) groups is 2. The number of aromatic nitrogens is 1. The molecule has 6 heteroatoms. The molecule has 1 aromatic rings. The Bertz CT molecular complexity index is 766. The van der Waals surface area contributed by atoms with Gasteiger partial charge in [-0.25, -0.2) is 4.98 Å². The summed E-state index contributed by atoms with van der Waals surface area (Å²) >= 11 is 0. The lowest BCUT2D eigenvalue weighted by Gasteiger charge is -2.28. The summed E-state index contributed by atoms with van der Waals surface area (Å²) in [6.45, 7) is 7.99. The Kier molecular flexibility index (Phi) is 7.12. The molecule has 0 aromatic carbocycles. The third-order valence-corrected chi connectivity index (χ3v) is 5.40. The Morgan fingerprint density at radius 3 is 2.86 bits per heavy atom. The molecule has 2 atom stereocenters. The molecule has 0 saturated carbocycles. The second kappa shape index (κ2) is 9.75. The van der Waals surface area contributed by atoms with Crippen molar-refractivity contribution in [2.75, 3.05) is 38.2 Å². The van der Waals surface area contributed by atoms with E-state index in [9.17, 15) is 9.59 Å². The highest BCUT2D eigenvalue weighted by molar-refractivity contribution is 5.96. The molecule has 1 amide bonds. The van der Waals surface area contributed by atoms with E-state index >= 15 is 0 Å². The van der Waals surface area contributed by atoms with Crippen LogP contribution in [0.1, 0.15) is 38.2 Å². The van der Waals surface area contributed by atoms with Gasteiger partial charge in [-0.05, 0) is 42.2 Å². The van der Waals surface area contributed by atoms with E-state index in [0.29, 0.717) is 12.2 Å². The van der Waals surface area contributed by atoms with Crippen molar-refractivity contribution < 1.29 is 14.3 Å². The lowest BCUT2D eigenvalue weighted by Crippen LogP contribution is -2.37. The van der Waals surface area contributed by atoms with Crippen LogP contribution in [-0.4, -0.2) is 54.4 Å². The van der Waals surface area contributed by atoms with Crippen molar-refractivity contribution in [3.63, 3.8) is 0 Å². The standard InChI is InChI=1S/C22H29N3O3/c1-16-19(18-8-9-23-22(15-18)24-17(2)26)5-3-6-20(16)21(27)7-4-10-25-11-13-28-14-12-25/h3,5-6,8-9,15-16,19H,4,7,10-14H2,1-2H3,(H,23,24,26). The largest absolute Gasteiger partial charge is 0.379 e. The van der Waals surface area contributed by atoms with E-state index in [0.717, 1.165) is 50.4 Å². The molecule has 0 radical (unpaired) electrons. The second-order valence-electron chi connectivity index (χ2n) is 7.46. The molecular formula is C22H29N3O3. The van der Waals surface area contributed by atoms with Crippen molar-refractivity contribution >= 4 is 17.5 Å². The number of carbonyl (C=O) groups excluding carboxylic acids is 2. The maximum absolute atomic E-state index is 12.8. The van der Waals surface area contributed by atoms with Gasteiger partial charge in [0.2, 0.25) is 5.91 Å². The number of rotatable bonds is 7. The van der Waals surface area contributed by atoms with E-state index in [4.69, 9.17) is 4.74 Å². The number of allylic oxidation sites excluding steroid dienone is 4. The number of ketones is 1. The van der Waals surface area contributed by atoms with E-state index in [1.807, 2.05) is 24.3 Å². The molecular weight excluding hydrogens is 354 g/mol. The number of amides is 1.